The molecule has 0 unspecified atom stereocenters. The summed E-state index contributed by atoms with van der Waals surface area (Å²) in [5.41, 5.74) is 1.04. The molecule has 2 aliphatic rings. The summed E-state index contributed by atoms with van der Waals surface area (Å²) in [5, 5.41) is 2.82. The highest BCUT2D eigenvalue weighted by Crippen LogP contribution is 2.30. The third-order valence-corrected chi connectivity index (χ3v) is 6.18. The Morgan fingerprint density at radius 2 is 2.16 bits per heavy atom. The first-order valence-corrected chi connectivity index (χ1v) is 10.0. The van der Waals surface area contributed by atoms with E-state index in [1.807, 2.05) is 34.4 Å². The number of piperazine rings is 1. The van der Waals surface area contributed by atoms with Gasteiger partial charge in [-0.25, -0.2) is 0 Å². The maximum Gasteiger partial charge on any atom is 0.229 e. The summed E-state index contributed by atoms with van der Waals surface area (Å²) in [6.07, 6.45) is 0.719. The second-order valence-electron chi connectivity index (χ2n) is 6.80. The van der Waals surface area contributed by atoms with Gasteiger partial charge in [0, 0.05) is 5.02 Å². The number of ether oxygens (including phenoxy) is 1. The predicted molar refractivity (Wildman–Crippen MR) is 99.4 cm³/mol. The van der Waals surface area contributed by atoms with Crippen LogP contribution in [-0.2, 0) is 17.8 Å². The van der Waals surface area contributed by atoms with Crippen LogP contribution in [0.4, 0.5) is 0 Å². The molecule has 1 saturated heterocycles. The number of fused-ring (bicyclic) bond motifs is 1. The van der Waals surface area contributed by atoms with Crippen LogP contribution in [0.1, 0.15) is 10.4 Å². The van der Waals surface area contributed by atoms with E-state index in [4.69, 9.17) is 16.3 Å². The molecular formula is C19H22ClN2O2S+. The lowest BCUT2D eigenvalue weighted by Crippen LogP contribution is -3.13. The lowest BCUT2D eigenvalue weighted by atomic mass is 9.95. The third-order valence-electron chi connectivity index (χ3n) is 5.06. The molecule has 1 aromatic carbocycles. The number of hydrogen-bond acceptors (Lipinski definition) is 3. The normalized spacial score (nSPS) is 20.8. The highest BCUT2D eigenvalue weighted by Gasteiger charge is 2.32. The quantitative estimate of drug-likeness (QED) is 0.886. The number of nitrogens with zero attached hydrogens (tertiary/aromatic N) is 1. The van der Waals surface area contributed by atoms with E-state index in [1.165, 1.54) is 4.88 Å². The molecule has 2 aliphatic heterocycles. The molecule has 4 rings (SSSR count). The van der Waals surface area contributed by atoms with Gasteiger partial charge in [0.1, 0.15) is 18.9 Å². The van der Waals surface area contributed by atoms with Crippen molar-refractivity contribution in [3.8, 4) is 5.75 Å². The smallest absolute Gasteiger partial charge is 0.229 e. The van der Waals surface area contributed by atoms with Crippen LogP contribution in [0.5, 0.6) is 5.75 Å². The zero-order valence-corrected chi connectivity index (χ0v) is 15.6. The van der Waals surface area contributed by atoms with Crippen molar-refractivity contribution in [1.29, 1.82) is 0 Å². The summed E-state index contributed by atoms with van der Waals surface area (Å²) >= 11 is 7.89. The Kier molecular flexibility index (Phi) is 4.97. The highest BCUT2D eigenvalue weighted by atomic mass is 35.5. The molecule has 1 fully saturated rings. The standard InChI is InChI=1S/C19H21ClN2O2S/c20-16-3-4-18-14(11-16)10-15(13-24-18)19(23)22-7-5-21(6-8-22)12-17-2-1-9-25-17/h1-4,9,11,15H,5-8,10,12-13H2/p+1/t15-/m1/s1. The van der Waals surface area contributed by atoms with E-state index in [1.54, 1.807) is 4.90 Å². The first-order chi connectivity index (χ1) is 12.2. The minimum atomic E-state index is -0.0928. The van der Waals surface area contributed by atoms with Crippen LogP contribution in [0.3, 0.4) is 0 Å². The van der Waals surface area contributed by atoms with Crippen LogP contribution >= 0.6 is 22.9 Å². The van der Waals surface area contributed by atoms with Crippen LogP contribution in [-0.4, -0.2) is 43.6 Å². The highest BCUT2D eigenvalue weighted by molar-refractivity contribution is 7.09. The molecule has 1 aromatic heterocycles. The molecule has 0 saturated carbocycles. The Labute approximate surface area is 156 Å². The first-order valence-electron chi connectivity index (χ1n) is 8.75. The number of halogens is 1. The summed E-state index contributed by atoms with van der Waals surface area (Å²) in [4.78, 5) is 17.9. The largest absolute Gasteiger partial charge is 0.492 e. The van der Waals surface area contributed by atoms with Crippen molar-refractivity contribution in [2.75, 3.05) is 32.8 Å². The van der Waals surface area contributed by atoms with Crippen molar-refractivity contribution >= 4 is 28.8 Å². The second kappa shape index (κ2) is 7.36. The van der Waals surface area contributed by atoms with Gasteiger partial charge < -0.3 is 14.5 Å². The fourth-order valence-electron chi connectivity index (χ4n) is 3.66. The van der Waals surface area contributed by atoms with Crippen molar-refractivity contribution in [2.45, 2.75) is 13.0 Å². The number of rotatable bonds is 3. The second-order valence-corrected chi connectivity index (χ2v) is 8.26. The Bertz CT molecular complexity index is 742. The number of benzene rings is 1. The van der Waals surface area contributed by atoms with Crippen molar-refractivity contribution in [3.05, 3.63) is 51.2 Å². The fraction of sp³-hybridized carbons (Fsp3) is 0.421. The predicted octanol–water partition coefficient (Wildman–Crippen LogP) is 1.88. The zero-order chi connectivity index (χ0) is 17.2. The number of amides is 1. The molecule has 0 spiro atoms. The molecule has 0 aliphatic carbocycles. The molecule has 1 N–H and O–H groups in total. The van der Waals surface area contributed by atoms with Gasteiger partial charge in [-0.1, -0.05) is 17.7 Å². The topological polar surface area (TPSA) is 34.0 Å². The summed E-state index contributed by atoms with van der Waals surface area (Å²) in [7, 11) is 0. The van der Waals surface area contributed by atoms with Gasteiger partial charge in [0.15, 0.2) is 0 Å². The van der Waals surface area contributed by atoms with Crippen LogP contribution in [0.15, 0.2) is 35.7 Å². The molecule has 25 heavy (non-hydrogen) atoms. The molecular weight excluding hydrogens is 356 g/mol. The maximum atomic E-state index is 12.9. The summed E-state index contributed by atoms with van der Waals surface area (Å²) in [5.74, 6) is 0.990. The van der Waals surface area contributed by atoms with Crippen LogP contribution in [0.25, 0.3) is 0 Å². The number of carbonyl (C=O) groups is 1. The average Bonchev–Trinajstić information content (AvgIpc) is 3.14. The van der Waals surface area contributed by atoms with Crippen molar-refractivity contribution < 1.29 is 14.4 Å². The van der Waals surface area contributed by atoms with Crippen molar-refractivity contribution in [3.63, 3.8) is 0 Å². The molecule has 6 heteroatoms. The van der Waals surface area contributed by atoms with E-state index in [0.717, 1.165) is 50.5 Å². The number of thiophene rings is 1. The maximum absolute atomic E-state index is 12.9. The van der Waals surface area contributed by atoms with E-state index < -0.39 is 0 Å². The van der Waals surface area contributed by atoms with Crippen LogP contribution in [0, 0.1) is 5.92 Å². The molecule has 1 amide bonds. The van der Waals surface area contributed by atoms with Gasteiger partial charge in [-0.05, 0) is 41.6 Å². The van der Waals surface area contributed by atoms with E-state index in [-0.39, 0.29) is 11.8 Å². The molecule has 3 heterocycles. The minimum absolute atomic E-state index is 0.0928. The SMILES string of the molecule is O=C([C@H]1COc2ccc(Cl)cc2C1)N1CC[NH+](Cc2cccs2)CC1. The average molecular weight is 378 g/mol. The van der Waals surface area contributed by atoms with Gasteiger partial charge in [0.25, 0.3) is 0 Å². The monoisotopic (exact) mass is 377 g/mol. The van der Waals surface area contributed by atoms with E-state index in [9.17, 15) is 4.79 Å². The van der Waals surface area contributed by atoms with Crippen molar-refractivity contribution in [2.24, 2.45) is 5.92 Å². The van der Waals surface area contributed by atoms with E-state index in [2.05, 4.69) is 17.5 Å². The van der Waals surface area contributed by atoms with Crippen LogP contribution < -0.4 is 9.64 Å². The summed E-state index contributed by atoms with van der Waals surface area (Å²) in [6, 6.07) is 9.94. The molecule has 1 atom stereocenters. The molecule has 0 radical (unpaired) electrons. The summed E-state index contributed by atoms with van der Waals surface area (Å²) < 4.78 is 5.78. The number of quaternary nitrogens is 1. The van der Waals surface area contributed by atoms with Gasteiger partial charge in [-0.15, -0.1) is 11.3 Å². The third kappa shape index (κ3) is 3.84. The molecule has 4 nitrogen and oxygen atoms in total. The first kappa shape index (κ1) is 16.9. The lowest BCUT2D eigenvalue weighted by molar-refractivity contribution is -0.917. The van der Waals surface area contributed by atoms with Gasteiger partial charge in [0.05, 0.1) is 37.0 Å². The molecule has 2 aromatic rings. The molecule has 132 valence electrons. The minimum Gasteiger partial charge on any atom is -0.492 e. The van der Waals surface area contributed by atoms with Crippen molar-refractivity contribution in [1.82, 2.24) is 4.90 Å². The summed E-state index contributed by atoms with van der Waals surface area (Å²) in [6.45, 7) is 5.23. The van der Waals surface area contributed by atoms with Crippen LogP contribution in [0.2, 0.25) is 5.02 Å². The Hall–Kier alpha value is -1.56. The zero-order valence-electron chi connectivity index (χ0n) is 14.0. The fourth-order valence-corrected chi connectivity index (χ4v) is 4.63. The molecule has 0 bridgehead atoms. The lowest BCUT2D eigenvalue weighted by Gasteiger charge is -2.35. The number of nitrogens with one attached hydrogen (secondary N) is 1. The Balaban J connectivity index is 1.33. The Morgan fingerprint density at radius 3 is 2.92 bits per heavy atom. The van der Waals surface area contributed by atoms with Gasteiger partial charge in [-0.2, -0.15) is 0 Å². The number of hydrogen-bond donors (Lipinski definition) is 1. The van der Waals surface area contributed by atoms with E-state index >= 15 is 0 Å². The van der Waals surface area contributed by atoms with Gasteiger partial charge >= 0.3 is 0 Å². The van der Waals surface area contributed by atoms with E-state index in [0.29, 0.717) is 11.6 Å². The number of carbonyl (C=O) groups excluding carboxylic acids is 1. The van der Waals surface area contributed by atoms with Gasteiger partial charge in [0.2, 0.25) is 5.91 Å². The van der Waals surface area contributed by atoms with Gasteiger partial charge in [-0.3, -0.25) is 4.79 Å². The Morgan fingerprint density at radius 1 is 1.32 bits per heavy atom.